The van der Waals surface area contributed by atoms with Gasteiger partial charge in [0, 0.05) is 25.0 Å². The number of hydrogen-bond acceptors (Lipinski definition) is 6. The van der Waals surface area contributed by atoms with E-state index < -0.39 is 5.54 Å². The van der Waals surface area contributed by atoms with Gasteiger partial charge in [0.15, 0.2) is 0 Å². The van der Waals surface area contributed by atoms with Crippen LogP contribution in [0.3, 0.4) is 0 Å². The number of unbranched alkanes of at least 4 members (excludes halogenated alkanes) is 1. The van der Waals surface area contributed by atoms with Gasteiger partial charge in [-0.2, -0.15) is 0 Å². The van der Waals surface area contributed by atoms with Gasteiger partial charge in [-0.15, -0.1) is 0 Å². The van der Waals surface area contributed by atoms with Gasteiger partial charge in [0.05, 0.1) is 7.11 Å². The topological polar surface area (TPSA) is 103 Å². The number of esters is 1. The number of alkyl carbamates (subject to hydrolysis) is 1. The first-order chi connectivity index (χ1) is 17.0. The second-order valence-electron chi connectivity index (χ2n) is 9.67. The summed E-state index contributed by atoms with van der Waals surface area (Å²) in [6.07, 6.45) is 5.79. The lowest BCUT2D eigenvalue weighted by atomic mass is 9.97. The summed E-state index contributed by atoms with van der Waals surface area (Å²) in [5.41, 5.74) is 10.5. The fourth-order valence-corrected chi connectivity index (χ4v) is 5.43. The Morgan fingerprint density at radius 2 is 1.66 bits per heavy atom. The van der Waals surface area contributed by atoms with Crippen molar-refractivity contribution in [2.75, 3.05) is 26.8 Å². The predicted molar refractivity (Wildman–Crippen MR) is 136 cm³/mol. The highest BCUT2D eigenvalue weighted by Gasteiger charge is 2.41. The van der Waals surface area contributed by atoms with E-state index >= 15 is 0 Å². The van der Waals surface area contributed by atoms with Gasteiger partial charge in [-0.05, 0) is 47.9 Å². The lowest BCUT2D eigenvalue weighted by Gasteiger charge is -2.28. The molecular weight excluding hydrogens is 442 g/mol. The number of nitrogens with two attached hydrogens (primary N) is 1. The highest BCUT2D eigenvalue weighted by atomic mass is 16.5. The molecule has 2 aliphatic rings. The van der Waals surface area contributed by atoms with Crippen LogP contribution in [0.25, 0.3) is 11.1 Å². The number of benzene rings is 2. The summed E-state index contributed by atoms with van der Waals surface area (Å²) < 4.78 is 10.6. The molecule has 7 nitrogen and oxygen atoms in total. The maximum Gasteiger partial charge on any atom is 0.407 e. The quantitative estimate of drug-likeness (QED) is 0.331. The molecule has 0 aromatic heterocycles. The molecule has 2 aliphatic carbocycles. The van der Waals surface area contributed by atoms with Crippen molar-refractivity contribution in [1.29, 1.82) is 0 Å². The highest BCUT2D eigenvalue weighted by Crippen LogP contribution is 2.44. The summed E-state index contributed by atoms with van der Waals surface area (Å²) in [5.74, 6) is -0.124. The zero-order valence-electron chi connectivity index (χ0n) is 20.6. The van der Waals surface area contributed by atoms with Gasteiger partial charge in [-0.25, -0.2) is 4.79 Å². The molecule has 1 fully saturated rings. The SMILES string of the molecule is COC(=O)C1(NC[C@@H](N)CCCCNC(=O)OCC2c3ccccc3-c3ccccc32)CCCC1. The minimum atomic E-state index is -0.571. The minimum absolute atomic E-state index is 0.0495. The van der Waals surface area contributed by atoms with Crippen molar-refractivity contribution >= 4 is 12.1 Å². The monoisotopic (exact) mass is 479 g/mol. The number of ether oxygens (including phenoxy) is 2. The van der Waals surface area contributed by atoms with Crippen molar-refractivity contribution in [3.63, 3.8) is 0 Å². The number of hydrogen-bond donors (Lipinski definition) is 3. The van der Waals surface area contributed by atoms with Crippen LogP contribution in [0.15, 0.2) is 48.5 Å². The largest absolute Gasteiger partial charge is 0.468 e. The third kappa shape index (κ3) is 5.85. The van der Waals surface area contributed by atoms with E-state index in [4.69, 9.17) is 15.2 Å². The Kier molecular flexibility index (Phi) is 8.42. The maximum absolute atomic E-state index is 12.3. The van der Waals surface area contributed by atoms with Crippen LogP contribution in [0.1, 0.15) is 62.0 Å². The molecule has 1 saturated carbocycles. The van der Waals surface area contributed by atoms with Crippen LogP contribution in [0.4, 0.5) is 4.79 Å². The van der Waals surface area contributed by atoms with E-state index in [9.17, 15) is 9.59 Å². The fourth-order valence-electron chi connectivity index (χ4n) is 5.43. The van der Waals surface area contributed by atoms with Crippen LogP contribution in [0, 0.1) is 0 Å². The zero-order valence-corrected chi connectivity index (χ0v) is 20.6. The van der Waals surface area contributed by atoms with Crippen molar-refractivity contribution in [3.05, 3.63) is 59.7 Å². The Morgan fingerprint density at radius 1 is 1.03 bits per heavy atom. The Hall–Kier alpha value is -2.90. The van der Waals surface area contributed by atoms with Crippen molar-refractivity contribution in [2.45, 2.75) is 62.4 Å². The number of methoxy groups -OCH3 is 1. The first kappa shape index (κ1) is 25.2. The summed E-state index contributed by atoms with van der Waals surface area (Å²) in [6, 6.07) is 16.6. The van der Waals surface area contributed by atoms with Crippen LogP contribution < -0.4 is 16.4 Å². The summed E-state index contributed by atoms with van der Waals surface area (Å²) in [5, 5.41) is 6.23. The summed E-state index contributed by atoms with van der Waals surface area (Å²) in [4.78, 5) is 24.5. The number of carbonyl (C=O) groups is 2. The zero-order chi connectivity index (χ0) is 24.7. The predicted octanol–water partition coefficient (Wildman–Crippen LogP) is 4.10. The molecule has 4 rings (SSSR count). The van der Waals surface area contributed by atoms with Crippen LogP contribution in [-0.2, 0) is 14.3 Å². The van der Waals surface area contributed by atoms with Crippen LogP contribution in [0.2, 0.25) is 0 Å². The number of rotatable bonds is 11. The van der Waals surface area contributed by atoms with E-state index in [0.717, 1.165) is 44.9 Å². The molecule has 2 aromatic rings. The smallest absolute Gasteiger partial charge is 0.407 e. The van der Waals surface area contributed by atoms with Gasteiger partial charge in [0.1, 0.15) is 12.1 Å². The summed E-state index contributed by atoms with van der Waals surface area (Å²) in [7, 11) is 1.44. The minimum Gasteiger partial charge on any atom is -0.468 e. The van der Waals surface area contributed by atoms with E-state index in [2.05, 4.69) is 34.9 Å². The normalized spacial score (nSPS) is 16.9. The van der Waals surface area contributed by atoms with Crippen LogP contribution >= 0.6 is 0 Å². The van der Waals surface area contributed by atoms with Gasteiger partial charge >= 0.3 is 12.1 Å². The van der Waals surface area contributed by atoms with Gasteiger partial charge < -0.3 is 25.8 Å². The van der Waals surface area contributed by atoms with E-state index in [1.165, 1.54) is 29.4 Å². The summed E-state index contributed by atoms with van der Waals surface area (Å²) in [6.45, 7) is 1.44. The van der Waals surface area contributed by atoms with E-state index in [1.54, 1.807) is 0 Å². The molecule has 0 bridgehead atoms. The number of fused-ring (bicyclic) bond motifs is 3. The number of nitrogens with one attached hydrogen (secondary N) is 2. The molecule has 2 aromatic carbocycles. The van der Waals surface area contributed by atoms with Crippen molar-refractivity contribution in [2.24, 2.45) is 5.73 Å². The molecule has 0 radical (unpaired) electrons. The molecule has 188 valence electrons. The van der Waals surface area contributed by atoms with Crippen LogP contribution in [0.5, 0.6) is 0 Å². The number of carbonyl (C=O) groups excluding carboxylic acids is 2. The highest BCUT2D eigenvalue weighted by molar-refractivity contribution is 5.81. The first-order valence-electron chi connectivity index (χ1n) is 12.7. The molecule has 35 heavy (non-hydrogen) atoms. The lowest BCUT2D eigenvalue weighted by Crippen LogP contribution is -2.53. The molecule has 0 spiro atoms. The van der Waals surface area contributed by atoms with E-state index in [1.807, 2.05) is 24.3 Å². The summed E-state index contributed by atoms with van der Waals surface area (Å²) >= 11 is 0. The Labute approximate surface area is 207 Å². The van der Waals surface area contributed by atoms with Gasteiger partial charge in [-0.3, -0.25) is 4.79 Å². The van der Waals surface area contributed by atoms with Gasteiger partial charge in [0.25, 0.3) is 0 Å². The molecule has 0 unspecified atom stereocenters. The van der Waals surface area contributed by atoms with E-state index in [0.29, 0.717) is 19.7 Å². The molecule has 7 heteroatoms. The van der Waals surface area contributed by atoms with E-state index in [-0.39, 0.29) is 24.0 Å². The van der Waals surface area contributed by atoms with Crippen LogP contribution in [-0.4, -0.2) is 50.4 Å². The fraction of sp³-hybridized carbons (Fsp3) is 0.500. The average Bonchev–Trinajstić information content (AvgIpc) is 3.49. The first-order valence-corrected chi connectivity index (χ1v) is 12.7. The Bertz CT molecular complexity index is 973. The lowest BCUT2D eigenvalue weighted by molar-refractivity contribution is -0.148. The van der Waals surface area contributed by atoms with Gasteiger partial charge in [0.2, 0.25) is 0 Å². The van der Waals surface area contributed by atoms with Crippen molar-refractivity contribution < 1.29 is 19.1 Å². The number of amides is 1. The standard InChI is InChI=1S/C28H37N3O4/c1-34-26(32)28(15-7-8-16-28)31-18-20(29)10-6-9-17-30-27(33)35-19-25-23-13-4-2-11-21(23)22-12-3-5-14-24(22)25/h2-5,11-14,20,25,31H,6-10,15-19,29H2,1H3,(H,30,33)/t20-/m0/s1. The molecule has 0 saturated heterocycles. The molecule has 4 N–H and O–H groups in total. The molecule has 0 heterocycles. The van der Waals surface area contributed by atoms with Gasteiger partial charge in [-0.1, -0.05) is 67.8 Å². The third-order valence-electron chi connectivity index (χ3n) is 7.35. The Morgan fingerprint density at radius 3 is 2.29 bits per heavy atom. The second-order valence-corrected chi connectivity index (χ2v) is 9.67. The Balaban J connectivity index is 1.14. The maximum atomic E-state index is 12.3. The molecule has 1 atom stereocenters. The molecule has 0 aliphatic heterocycles. The average molecular weight is 480 g/mol. The second kappa shape index (κ2) is 11.7. The van der Waals surface area contributed by atoms with Crippen molar-refractivity contribution in [3.8, 4) is 11.1 Å². The van der Waals surface area contributed by atoms with Crippen molar-refractivity contribution in [1.82, 2.24) is 10.6 Å². The molecule has 1 amide bonds. The molecular formula is C28H37N3O4. The third-order valence-corrected chi connectivity index (χ3v) is 7.35.